The summed E-state index contributed by atoms with van der Waals surface area (Å²) >= 11 is 0. The molecule has 0 aliphatic carbocycles. The van der Waals surface area contributed by atoms with Crippen LogP contribution in [0.15, 0.2) is 6.20 Å². The third-order valence-corrected chi connectivity index (χ3v) is 2.70. The summed E-state index contributed by atoms with van der Waals surface area (Å²) in [4.78, 5) is 10.4. The minimum atomic E-state index is -5.71. The first-order chi connectivity index (χ1) is 11.0. The molecule has 0 aliphatic rings. The fraction of sp³-hybridized carbons (Fsp3) is 0.0909. The molecule has 1 aromatic heterocycles. The Hall–Kier alpha value is -2.99. The van der Waals surface area contributed by atoms with Gasteiger partial charge in [0.25, 0.3) is 0 Å². The van der Waals surface area contributed by atoms with Gasteiger partial charge in [0.15, 0.2) is 34.8 Å². The van der Waals surface area contributed by atoms with Crippen molar-refractivity contribution in [1.82, 2.24) is 9.78 Å². The van der Waals surface area contributed by atoms with Gasteiger partial charge in [-0.1, -0.05) is 0 Å². The molecule has 130 valence electrons. The van der Waals surface area contributed by atoms with Crippen molar-refractivity contribution >= 4 is 12.0 Å². The molecule has 0 saturated carbocycles. The number of aromatic nitrogens is 2. The lowest BCUT2D eigenvalue weighted by molar-refractivity contribution is -0.143. The Bertz CT molecular complexity index is 802. The maximum atomic E-state index is 13.8. The average Bonchev–Trinajstić information content (AvgIpc) is 2.77. The number of nitrogens with zero attached hydrogens (tertiary/aromatic N) is 2. The van der Waals surface area contributed by atoms with Crippen LogP contribution in [0.1, 0.15) is 5.56 Å². The average molecular weight is 359 g/mol. The van der Waals surface area contributed by atoms with E-state index in [1.807, 2.05) is 0 Å². The van der Waals surface area contributed by atoms with Gasteiger partial charge in [0.05, 0.1) is 6.20 Å². The van der Waals surface area contributed by atoms with Crippen LogP contribution in [-0.4, -0.2) is 21.0 Å². The minimum Gasteiger partial charge on any atom is -0.449 e. The van der Waals surface area contributed by atoms with Crippen LogP contribution in [0.4, 0.5) is 41.3 Å². The third-order valence-electron chi connectivity index (χ3n) is 2.70. The number of carbonyl (C=O) groups is 1. The van der Waals surface area contributed by atoms with Gasteiger partial charge in [0, 0.05) is 0 Å². The molecule has 0 saturated heterocycles. The van der Waals surface area contributed by atoms with Crippen LogP contribution >= 0.6 is 0 Å². The van der Waals surface area contributed by atoms with Crippen LogP contribution in [-0.2, 0) is 6.18 Å². The molecule has 0 spiro atoms. The van der Waals surface area contributed by atoms with E-state index >= 15 is 0 Å². The quantitative estimate of drug-likeness (QED) is 0.489. The van der Waals surface area contributed by atoms with Crippen LogP contribution < -0.4 is 10.5 Å². The van der Waals surface area contributed by atoms with Gasteiger partial charge in [-0.25, -0.2) is 27.0 Å². The van der Waals surface area contributed by atoms with Crippen molar-refractivity contribution in [2.45, 2.75) is 6.18 Å². The summed E-state index contributed by atoms with van der Waals surface area (Å²) in [6.45, 7) is 0. The van der Waals surface area contributed by atoms with Crippen LogP contribution in [0.5, 0.6) is 5.75 Å². The molecule has 0 fully saturated rings. The number of hydrogen-bond acceptors (Lipinski definition) is 4. The number of nitrogen functional groups attached to an aromatic ring is 1. The number of halogens is 7. The summed E-state index contributed by atoms with van der Waals surface area (Å²) in [5, 5.41) is 11.5. The number of hydrogen-bond donors (Lipinski definition) is 2. The highest BCUT2D eigenvalue weighted by molar-refractivity contribution is 5.65. The van der Waals surface area contributed by atoms with Gasteiger partial charge < -0.3 is 15.6 Å². The Labute approximate surface area is 126 Å². The molecule has 2 rings (SSSR count). The molecular formula is C11H4F7N3O3. The SMILES string of the molecule is Nc1c(OC(=O)O)cnn1-c1c(F)c(F)c(C(F)(F)F)c(F)c1F. The van der Waals surface area contributed by atoms with Crippen molar-refractivity contribution in [3.05, 3.63) is 35.0 Å². The highest BCUT2D eigenvalue weighted by Crippen LogP contribution is 2.38. The molecule has 0 bridgehead atoms. The van der Waals surface area contributed by atoms with E-state index in [1.165, 1.54) is 0 Å². The maximum Gasteiger partial charge on any atom is 0.511 e. The lowest BCUT2D eigenvalue weighted by Crippen LogP contribution is -2.19. The Morgan fingerprint density at radius 3 is 2.04 bits per heavy atom. The Morgan fingerprint density at radius 1 is 1.12 bits per heavy atom. The molecule has 0 atom stereocenters. The molecule has 24 heavy (non-hydrogen) atoms. The molecular weight excluding hydrogens is 355 g/mol. The van der Waals surface area contributed by atoms with Crippen LogP contribution in [0.25, 0.3) is 5.69 Å². The number of carboxylic acid groups (broad SMARTS) is 1. The van der Waals surface area contributed by atoms with Gasteiger partial charge in [0.2, 0.25) is 0 Å². The number of anilines is 1. The van der Waals surface area contributed by atoms with Crippen molar-refractivity contribution in [2.24, 2.45) is 0 Å². The molecule has 2 aromatic rings. The van der Waals surface area contributed by atoms with E-state index in [4.69, 9.17) is 10.8 Å². The fourth-order valence-corrected chi connectivity index (χ4v) is 1.75. The number of ether oxygens (including phenoxy) is 1. The highest BCUT2D eigenvalue weighted by atomic mass is 19.4. The van der Waals surface area contributed by atoms with Gasteiger partial charge in [-0.3, -0.25) is 0 Å². The topological polar surface area (TPSA) is 90.4 Å². The maximum absolute atomic E-state index is 13.8. The first-order valence-electron chi connectivity index (χ1n) is 5.64. The standard InChI is InChI=1S/C11H4F7N3O3/c12-4-3(11(16,17)18)5(13)7(15)8(6(4)14)21-9(19)2(1-20-21)24-10(22)23/h1H,19H2,(H,22,23). The monoisotopic (exact) mass is 359 g/mol. The normalized spacial score (nSPS) is 11.6. The number of alkyl halides is 3. The van der Waals surface area contributed by atoms with Crippen LogP contribution in [0.2, 0.25) is 0 Å². The smallest absolute Gasteiger partial charge is 0.449 e. The molecule has 1 heterocycles. The molecule has 3 N–H and O–H groups in total. The minimum absolute atomic E-state index is 0.0464. The van der Waals surface area contributed by atoms with E-state index in [-0.39, 0.29) is 4.68 Å². The van der Waals surface area contributed by atoms with Crippen molar-refractivity contribution in [3.63, 3.8) is 0 Å². The van der Waals surface area contributed by atoms with E-state index in [9.17, 15) is 35.5 Å². The Morgan fingerprint density at radius 2 is 1.62 bits per heavy atom. The molecule has 13 heteroatoms. The predicted molar refractivity (Wildman–Crippen MR) is 61.5 cm³/mol. The van der Waals surface area contributed by atoms with E-state index in [0.717, 1.165) is 0 Å². The summed E-state index contributed by atoms with van der Waals surface area (Å²) in [5.41, 5.74) is 0.775. The zero-order valence-electron chi connectivity index (χ0n) is 11.0. The molecule has 0 radical (unpaired) electrons. The number of nitrogens with two attached hydrogens (primary N) is 1. The predicted octanol–water partition coefficient (Wildman–Crippen LogP) is 3.09. The highest BCUT2D eigenvalue weighted by Gasteiger charge is 2.43. The second kappa shape index (κ2) is 5.58. The number of benzene rings is 1. The Balaban J connectivity index is 2.74. The van der Waals surface area contributed by atoms with E-state index in [1.54, 1.807) is 0 Å². The zero-order valence-corrected chi connectivity index (χ0v) is 11.0. The summed E-state index contributed by atoms with van der Waals surface area (Å²) in [6.07, 6.45) is -7.08. The number of rotatable bonds is 2. The van der Waals surface area contributed by atoms with Crippen LogP contribution in [0.3, 0.4) is 0 Å². The van der Waals surface area contributed by atoms with E-state index in [2.05, 4.69) is 9.84 Å². The second-order valence-electron chi connectivity index (χ2n) is 4.15. The van der Waals surface area contributed by atoms with Crippen molar-refractivity contribution in [3.8, 4) is 11.4 Å². The summed E-state index contributed by atoms with van der Waals surface area (Å²) in [5.74, 6) is -12.0. The summed E-state index contributed by atoms with van der Waals surface area (Å²) in [7, 11) is 0. The molecule has 1 aromatic carbocycles. The van der Waals surface area contributed by atoms with E-state index in [0.29, 0.717) is 6.20 Å². The Kier molecular flexibility index (Phi) is 4.03. The van der Waals surface area contributed by atoms with Gasteiger partial charge in [-0.2, -0.15) is 18.3 Å². The van der Waals surface area contributed by atoms with Gasteiger partial charge >= 0.3 is 12.3 Å². The third kappa shape index (κ3) is 2.68. The molecule has 0 aliphatic heterocycles. The second-order valence-corrected chi connectivity index (χ2v) is 4.15. The van der Waals surface area contributed by atoms with Gasteiger partial charge in [0.1, 0.15) is 11.3 Å². The molecule has 0 amide bonds. The fourth-order valence-electron chi connectivity index (χ4n) is 1.75. The van der Waals surface area contributed by atoms with Crippen molar-refractivity contribution < 1.29 is 45.4 Å². The van der Waals surface area contributed by atoms with Gasteiger partial charge in [-0.15, -0.1) is 0 Å². The first-order valence-corrected chi connectivity index (χ1v) is 5.64. The van der Waals surface area contributed by atoms with Crippen LogP contribution in [0, 0.1) is 23.3 Å². The van der Waals surface area contributed by atoms with Crippen molar-refractivity contribution in [2.75, 3.05) is 5.73 Å². The molecule has 6 nitrogen and oxygen atoms in total. The lowest BCUT2D eigenvalue weighted by Gasteiger charge is -2.14. The van der Waals surface area contributed by atoms with Crippen molar-refractivity contribution in [1.29, 1.82) is 0 Å². The zero-order chi connectivity index (χ0) is 18.4. The lowest BCUT2D eigenvalue weighted by atomic mass is 10.1. The molecule has 0 unspecified atom stereocenters. The largest absolute Gasteiger partial charge is 0.511 e. The summed E-state index contributed by atoms with van der Waals surface area (Å²) < 4.78 is 96.1. The first kappa shape index (κ1) is 17.4. The summed E-state index contributed by atoms with van der Waals surface area (Å²) in [6, 6.07) is 0. The van der Waals surface area contributed by atoms with E-state index < -0.39 is 58.4 Å². The van der Waals surface area contributed by atoms with Gasteiger partial charge in [-0.05, 0) is 0 Å².